The first-order chi connectivity index (χ1) is 6.31. The Bertz CT molecular complexity index is 349. The van der Waals surface area contributed by atoms with E-state index in [1.807, 2.05) is 0 Å². The van der Waals surface area contributed by atoms with E-state index in [0.29, 0.717) is 16.6 Å². The third-order valence-corrected chi connectivity index (χ3v) is 2.32. The minimum atomic E-state index is 0.0171. The molecule has 1 heterocycles. The second-order valence-electron chi connectivity index (χ2n) is 2.62. The summed E-state index contributed by atoms with van der Waals surface area (Å²) in [4.78, 5) is 11.4. The molecular weight excluding hydrogens is 236 g/mol. The van der Waals surface area contributed by atoms with Crippen LogP contribution in [-0.4, -0.2) is 17.9 Å². The fourth-order valence-corrected chi connectivity index (χ4v) is 1.48. The summed E-state index contributed by atoms with van der Waals surface area (Å²) in [6, 6.07) is 5.20. The van der Waals surface area contributed by atoms with Gasteiger partial charge in [-0.1, -0.05) is 15.9 Å². The van der Waals surface area contributed by atoms with Gasteiger partial charge in [0.05, 0.1) is 10.9 Å². The molecule has 0 fully saturated rings. The van der Waals surface area contributed by atoms with Crippen LogP contribution in [0.5, 0.6) is 11.5 Å². The zero-order valence-electron chi connectivity index (χ0n) is 6.75. The summed E-state index contributed by atoms with van der Waals surface area (Å²) < 4.78 is 10.3. The number of Topliss-reactive ketones (excluding diaryl/α,β-unsaturated/α-hetero) is 1. The number of ether oxygens (including phenoxy) is 2. The van der Waals surface area contributed by atoms with E-state index in [1.165, 1.54) is 0 Å². The molecule has 0 amide bonds. The van der Waals surface area contributed by atoms with Crippen molar-refractivity contribution < 1.29 is 14.3 Å². The maximum Gasteiger partial charge on any atom is 0.230 e. The van der Waals surface area contributed by atoms with E-state index in [1.54, 1.807) is 18.2 Å². The van der Waals surface area contributed by atoms with Gasteiger partial charge < -0.3 is 9.47 Å². The average molecular weight is 243 g/mol. The van der Waals surface area contributed by atoms with E-state index in [-0.39, 0.29) is 12.6 Å². The van der Waals surface area contributed by atoms with Crippen molar-refractivity contribution in [1.29, 1.82) is 0 Å². The highest BCUT2D eigenvalue weighted by Gasteiger charge is 2.15. The second kappa shape index (κ2) is 3.38. The number of alkyl halides is 1. The Morgan fingerprint density at radius 2 is 2.31 bits per heavy atom. The minimum Gasteiger partial charge on any atom is -0.457 e. The molecule has 1 aromatic carbocycles. The van der Waals surface area contributed by atoms with Crippen LogP contribution < -0.4 is 9.47 Å². The van der Waals surface area contributed by atoms with Crippen molar-refractivity contribution in [3.05, 3.63) is 23.8 Å². The van der Waals surface area contributed by atoms with Gasteiger partial charge in [0.25, 0.3) is 0 Å². The summed E-state index contributed by atoms with van der Waals surface area (Å²) in [6.45, 7) is 0.185. The SMILES string of the molecule is O=C(CBr)c1ccc2cc1OCO2. The summed E-state index contributed by atoms with van der Waals surface area (Å²) in [5, 5.41) is 0.309. The average Bonchev–Trinajstić information content (AvgIpc) is 2.18. The Hall–Kier alpha value is -1.03. The van der Waals surface area contributed by atoms with Crippen molar-refractivity contribution >= 4 is 21.7 Å². The first-order valence-corrected chi connectivity index (χ1v) is 4.92. The van der Waals surface area contributed by atoms with Crippen molar-refractivity contribution in [2.24, 2.45) is 0 Å². The van der Waals surface area contributed by atoms with Crippen LogP contribution in [0, 0.1) is 0 Å². The number of fused-ring (bicyclic) bond motifs is 2. The molecule has 0 unspecified atom stereocenters. The highest BCUT2D eigenvalue weighted by Crippen LogP contribution is 2.28. The lowest BCUT2D eigenvalue weighted by molar-refractivity contribution is 0.0953. The van der Waals surface area contributed by atoms with Crippen molar-refractivity contribution in [3.8, 4) is 11.5 Å². The smallest absolute Gasteiger partial charge is 0.230 e. The molecule has 4 heteroatoms. The number of rotatable bonds is 2. The molecule has 0 aromatic heterocycles. The number of hydrogen-bond donors (Lipinski definition) is 0. The number of hydrogen-bond acceptors (Lipinski definition) is 3. The summed E-state index contributed by atoms with van der Waals surface area (Å²) in [7, 11) is 0. The Labute approximate surface area is 83.8 Å². The quantitative estimate of drug-likeness (QED) is 0.588. The molecule has 1 aromatic rings. The molecule has 0 radical (unpaired) electrons. The lowest BCUT2D eigenvalue weighted by Gasteiger charge is -2.17. The standard InChI is InChI=1S/C9H7BrO3/c10-4-8(11)7-2-1-6-3-9(7)13-5-12-6/h1-3H,4-5H2. The van der Waals surface area contributed by atoms with E-state index in [4.69, 9.17) is 9.47 Å². The van der Waals surface area contributed by atoms with Crippen LogP contribution in [0.3, 0.4) is 0 Å². The maximum atomic E-state index is 11.4. The number of carbonyl (C=O) groups is 1. The molecule has 0 aliphatic carbocycles. The van der Waals surface area contributed by atoms with E-state index >= 15 is 0 Å². The van der Waals surface area contributed by atoms with Gasteiger partial charge >= 0.3 is 0 Å². The van der Waals surface area contributed by atoms with Crippen molar-refractivity contribution in [2.75, 3.05) is 12.1 Å². The normalized spacial score (nSPS) is 13.0. The molecule has 2 rings (SSSR count). The molecule has 13 heavy (non-hydrogen) atoms. The predicted octanol–water partition coefficient (Wildman–Crippen LogP) is 1.99. The van der Waals surface area contributed by atoms with Gasteiger partial charge in [0.1, 0.15) is 11.5 Å². The van der Waals surface area contributed by atoms with Gasteiger partial charge in [0, 0.05) is 6.07 Å². The highest BCUT2D eigenvalue weighted by molar-refractivity contribution is 9.09. The molecule has 3 nitrogen and oxygen atoms in total. The van der Waals surface area contributed by atoms with Crippen LogP contribution in [-0.2, 0) is 0 Å². The summed E-state index contributed by atoms with van der Waals surface area (Å²) in [6.07, 6.45) is 0. The van der Waals surface area contributed by atoms with E-state index in [2.05, 4.69) is 15.9 Å². The molecule has 1 aliphatic rings. The first-order valence-electron chi connectivity index (χ1n) is 3.80. The molecular formula is C9H7BrO3. The minimum absolute atomic E-state index is 0.0171. The van der Waals surface area contributed by atoms with Gasteiger partial charge in [-0.25, -0.2) is 0 Å². The second-order valence-corrected chi connectivity index (χ2v) is 3.18. The third kappa shape index (κ3) is 1.54. The molecule has 0 saturated heterocycles. The monoisotopic (exact) mass is 242 g/mol. The van der Waals surface area contributed by atoms with Gasteiger partial charge in [0.15, 0.2) is 5.78 Å². The molecule has 0 atom stereocenters. The van der Waals surface area contributed by atoms with Gasteiger partial charge in [-0.05, 0) is 12.1 Å². The summed E-state index contributed by atoms with van der Waals surface area (Å²) in [5.74, 6) is 1.36. The zero-order valence-corrected chi connectivity index (χ0v) is 8.33. The first kappa shape index (κ1) is 8.56. The fraction of sp³-hybridized carbons (Fsp3) is 0.222. The van der Waals surface area contributed by atoms with Crippen LogP contribution in [0.4, 0.5) is 0 Å². The Balaban J connectivity index is 2.43. The van der Waals surface area contributed by atoms with Gasteiger partial charge in [0.2, 0.25) is 6.79 Å². The zero-order chi connectivity index (χ0) is 9.26. The predicted molar refractivity (Wildman–Crippen MR) is 50.7 cm³/mol. The van der Waals surface area contributed by atoms with Crippen molar-refractivity contribution in [3.63, 3.8) is 0 Å². The molecule has 0 spiro atoms. The Kier molecular flexibility index (Phi) is 2.22. The van der Waals surface area contributed by atoms with Crippen LogP contribution in [0.1, 0.15) is 10.4 Å². The van der Waals surface area contributed by atoms with E-state index < -0.39 is 0 Å². The summed E-state index contributed by atoms with van der Waals surface area (Å²) in [5.41, 5.74) is 0.601. The largest absolute Gasteiger partial charge is 0.457 e. The van der Waals surface area contributed by atoms with Crippen LogP contribution in [0.2, 0.25) is 0 Å². The van der Waals surface area contributed by atoms with Gasteiger partial charge in [-0.3, -0.25) is 4.79 Å². The van der Waals surface area contributed by atoms with Crippen LogP contribution in [0.25, 0.3) is 0 Å². The maximum absolute atomic E-state index is 11.4. The van der Waals surface area contributed by atoms with Crippen molar-refractivity contribution in [1.82, 2.24) is 0 Å². The van der Waals surface area contributed by atoms with E-state index in [0.717, 1.165) is 5.75 Å². The Morgan fingerprint density at radius 3 is 3.08 bits per heavy atom. The molecule has 1 aliphatic heterocycles. The number of benzene rings is 1. The fourth-order valence-electron chi connectivity index (χ4n) is 1.18. The number of carbonyl (C=O) groups excluding carboxylic acids is 1. The highest BCUT2D eigenvalue weighted by atomic mass is 79.9. The molecule has 68 valence electrons. The van der Waals surface area contributed by atoms with Gasteiger partial charge in [-0.2, -0.15) is 0 Å². The number of ketones is 1. The topological polar surface area (TPSA) is 35.5 Å². The number of halogens is 1. The Morgan fingerprint density at radius 1 is 1.46 bits per heavy atom. The van der Waals surface area contributed by atoms with Crippen molar-refractivity contribution in [2.45, 2.75) is 0 Å². The third-order valence-electron chi connectivity index (χ3n) is 1.81. The van der Waals surface area contributed by atoms with E-state index in [9.17, 15) is 4.79 Å². The summed E-state index contributed by atoms with van der Waals surface area (Å²) >= 11 is 3.12. The lowest BCUT2D eigenvalue weighted by atomic mass is 10.1. The van der Waals surface area contributed by atoms with Crippen LogP contribution >= 0.6 is 15.9 Å². The van der Waals surface area contributed by atoms with Gasteiger partial charge in [-0.15, -0.1) is 0 Å². The lowest BCUT2D eigenvalue weighted by Crippen LogP contribution is -2.14. The molecule has 0 N–H and O–H groups in total. The van der Waals surface area contributed by atoms with Crippen LogP contribution in [0.15, 0.2) is 18.2 Å². The molecule has 0 saturated carbocycles. The molecule has 2 bridgehead atoms.